The first-order valence-electron chi connectivity index (χ1n) is 5.49. The summed E-state index contributed by atoms with van der Waals surface area (Å²) in [5.41, 5.74) is 5.85. The van der Waals surface area contributed by atoms with Crippen LogP contribution in [0.4, 0.5) is 4.39 Å². The summed E-state index contributed by atoms with van der Waals surface area (Å²) < 4.78 is 24.0. The van der Waals surface area contributed by atoms with Gasteiger partial charge in [0, 0.05) is 12.1 Å². The van der Waals surface area contributed by atoms with Crippen molar-refractivity contribution >= 4 is 0 Å². The number of halogens is 1. The van der Waals surface area contributed by atoms with E-state index in [1.807, 2.05) is 0 Å². The van der Waals surface area contributed by atoms with Crippen LogP contribution >= 0.6 is 0 Å². The predicted octanol–water partition coefficient (Wildman–Crippen LogP) is 2.05. The number of hydrogen-bond acceptors (Lipinski definition) is 3. The zero-order valence-corrected chi connectivity index (χ0v) is 9.12. The van der Waals surface area contributed by atoms with Gasteiger partial charge in [0.25, 0.3) is 0 Å². The Hall–Kier alpha value is -1.13. The number of rotatable bonds is 6. The van der Waals surface area contributed by atoms with Crippen LogP contribution in [0, 0.1) is 11.7 Å². The molecule has 0 radical (unpaired) electrons. The molecule has 0 amide bonds. The molecule has 0 atom stereocenters. The highest BCUT2D eigenvalue weighted by molar-refractivity contribution is 5.34. The second-order valence-electron chi connectivity index (χ2n) is 4.00. The molecule has 3 nitrogen and oxygen atoms in total. The van der Waals surface area contributed by atoms with E-state index < -0.39 is 0 Å². The van der Waals surface area contributed by atoms with Crippen molar-refractivity contribution in [2.45, 2.75) is 19.4 Å². The number of nitrogens with two attached hydrogens (primary N) is 1. The quantitative estimate of drug-likeness (QED) is 0.595. The maximum atomic E-state index is 13.3. The van der Waals surface area contributed by atoms with E-state index in [1.54, 1.807) is 12.1 Å². The van der Waals surface area contributed by atoms with Crippen LogP contribution in [-0.2, 0) is 11.3 Å². The topological polar surface area (TPSA) is 44.5 Å². The summed E-state index contributed by atoms with van der Waals surface area (Å²) in [6.07, 6.45) is 2.49. The molecule has 0 bridgehead atoms. The Labute approximate surface area is 94.3 Å². The van der Waals surface area contributed by atoms with E-state index in [4.69, 9.17) is 15.2 Å². The summed E-state index contributed by atoms with van der Waals surface area (Å²) in [5.74, 6) is 0.838. The first-order valence-corrected chi connectivity index (χ1v) is 5.49. The summed E-state index contributed by atoms with van der Waals surface area (Å²) in [4.78, 5) is 0. The van der Waals surface area contributed by atoms with Crippen molar-refractivity contribution in [1.82, 2.24) is 0 Å². The molecule has 1 fully saturated rings. The zero-order chi connectivity index (χ0) is 11.4. The van der Waals surface area contributed by atoms with Gasteiger partial charge in [-0.05, 0) is 30.9 Å². The average molecular weight is 225 g/mol. The van der Waals surface area contributed by atoms with Gasteiger partial charge in [-0.15, -0.1) is 0 Å². The van der Waals surface area contributed by atoms with Crippen molar-refractivity contribution in [3.05, 3.63) is 29.6 Å². The summed E-state index contributed by atoms with van der Waals surface area (Å²) in [5, 5.41) is 0. The zero-order valence-electron chi connectivity index (χ0n) is 9.12. The SMILES string of the molecule is NCc1c(F)cccc1OCOCC1CC1. The van der Waals surface area contributed by atoms with Crippen LogP contribution in [0.5, 0.6) is 5.75 Å². The molecule has 0 spiro atoms. The van der Waals surface area contributed by atoms with Crippen molar-refractivity contribution < 1.29 is 13.9 Å². The molecule has 16 heavy (non-hydrogen) atoms. The third-order valence-electron chi connectivity index (χ3n) is 2.63. The lowest BCUT2D eigenvalue weighted by Crippen LogP contribution is -2.09. The van der Waals surface area contributed by atoms with Crippen molar-refractivity contribution in [3.8, 4) is 5.75 Å². The van der Waals surface area contributed by atoms with Crippen LogP contribution in [-0.4, -0.2) is 13.4 Å². The second-order valence-corrected chi connectivity index (χ2v) is 4.00. The maximum Gasteiger partial charge on any atom is 0.189 e. The average Bonchev–Trinajstić information content (AvgIpc) is 3.08. The fourth-order valence-electron chi connectivity index (χ4n) is 1.48. The highest BCUT2D eigenvalue weighted by atomic mass is 19.1. The van der Waals surface area contributed by atoms with Crippen molar-refractivity contribution in [2.75, 3.05) is 13.4 Å². The second kappa shape index (κ2) is 5.27. The molecular weight excluding hydrogens is 209 g/mol. The minimum atomic E-state index is -0.331. The summed E-state index contributed by atoms with van der Waals surface area (Å²) in [6, 6.07) is 4.68. The van der Waals surface area contributed by atoms with E-state index in [9.17, 15) is 4.39 Å². The monoisotopic (exact) mass is 225 g/mol. The molecular formula is C12H16FNO2. The molecule has 1 aliphatic carbocycles. The molecule has 1 aromatic carbocycles. The van der Waals surface area contributed by atoms with Gasteiger partial charge in [-0.1, -0.05) is 6.07 Å². The van der Waals surface area contributed by atoms with Gasteiger partial charge in [0.2, 0.25) is 0 Å². The minimum absolute atomic E-state index is 0.130. The number of ether oxygens (including phenoxy) is 2. The van der Waals surface area contributed by atoms with Gasteiger partial charge in [-0.2, -0.15) is 0 Å². The van der Waals surface area contributed by atoms with Gasteiger partial charge in [-0.25, -0.2) is 4.39 Å². The van der Waals surface area contributed by atoms with Gasteiger partial charge in [0.1, 0.15) is 11.6 Å². The van der Waals surface area contributed by atoms with Crippen LogP contribution in [0.25, 0.3) is 0 Å². The van der Waals surface area contributed by atoms with E-state index >= 15 is 0 Å². The molecule has 2 rings (SSSR count). The van der Waals surface area contributed by atoms with Gasteiger partial charge < -0.3 is 15.2 Å². The summed E-state index contributed by atoms with van der Waals surface area (Å²) in [6.45, 7) is 1.02. The Morgan fingerprint density at radius 3 is 2.88 bits per heavy atom. The molecule has 0 heterocycles. The Morgan fingerprint density at radius 2 is 2.19 bits per heavy atom. The number of hydrogen-bond donors (Lipinski definition) is 1. The van der Waals surface area contributed by atoms with E-state index in [0.29, 0.717) is 17.2 Å². The molecule has 2 N–H and O–H groups in total. The largest absolute Gasteiger partial charge is 0.467 e. The van der Waals surface area contributed by atoms with E-state index in [-0.39, 0.29) is 19.2 Å². The van der Waals surface area contributed by atoms with Crippen molar-refractivity contribution in [3.63, 3.8) is 0 Å². The fraction of sp³-hybridized carbons (Fsp3) is 0.500. The van der Waals surface area contributed by atoms with Crippen molar-refractivity contribution in [1.29, 1.82) is 0 Å². The molecule has 1 aromatic rings. The molecule has 0 saturated heterocycles. The van der Waals surface area contributed by atoms with Crippen LogP contribution in [0.2, 0.25) is 0 Å². The Balaban J connectivity index is 1.84. The normalized spacial score (nSPS) is 15.1. The molecule has 0 unspecified atom stereocenters. The molecule has 0 aliphatic heterocycles. The lowest BCUT2D eigenvalue weighted by molar-refractivity contribution is 0.00929. The molecule has 0 aromatic heterocycles. The predicted molar refractivity (Wildman–Crippen MR) is 58.5 cm³/mol. The molecule has 1 saturated carbocycles. The third kappa shape index (κ3) is 2.93. The van der Waals surface area contributed by atoms with E-state index in [0.717, 1.165) is 6.61 Å². The van der Waals surface area contributed by atoms with E-state index in [2.05, 4.69) is 0 Å². The fourth-order valence-corrected chi connectivity index (χ4v) is 1.48. The van der Waals surface area contributed by atoms with Crippen LogP contribution < -0.4 is 10.5 Å². The summed E-state index contributed by atoms with van der Waals surface area (Å²) in [7, 11) is 0. The Kier molecular flexibility index (Phi) is 3.74. The van der Waals surface area contributed by atoms with Gasteiger partial charge in [-0.3, -0.25) is 0 Å². The molecule has 1 aliphatic rings. The standard InChI is InChI=1S/C12H16FNO2/c13-11-2-1-3-12(10(11)6-14)16-8-15-7-9-4-5-9/h1-3,9H,4-8,14H2. The smallest absolute Gasteiger partial charge is 0.189 e. The Morgan fingerprint density at radius 1 is 1.38 bits per heavy atom. The van der Waals surface area contributed by atoms with Crippen molar-refractivity contribution in [2.24, 2.45) is 11.7 Å². The first kappa shape index (κ1) is 11.4. The molecule has 88 valence electrons. The van der Waals surface area contributed by atoms with E-state index in [1.165, 1.54) is 18.9 Å². The highest BCUT2D eigenvalue weighted by Gasteiger charge is 2.21. The summed E-state index contributed by atoms with van der Waals surface area (Å²) >= 11 is 0. The molecule has 4 heteroatoms. The highest BCUT2D eigenvalue weighted by Crippen LogP contribution is 2.28. The van der Waals surface area contributed by atoms with Crippen LogP contribution in [0.3, 0.4) is 0 Å². The third-order valence-corrected chi connectivity index (χ3v) is 2.63. The number of benzene rings is 1. The maximum absolute atomic E-state index is 13.3. The lowest BCUT2D eigenvalue weighted by Gasteiger charge is -2.10. The lowest BCUT2D eigenvalue weighted by atomic mass is 10.2. The van der Waals surface area contributed by atoms with Gasteiger partial charge in [0.15, 0.2) is 6.79 Å². The van der Waals surface area contributed by atoms with Crippen LogP contribution in [0.1, 0.15) is 18.4 Å². The first-order chi connectivity index (χ1) is 7.81. The minimum Gasteiger partial charge on any atom is -0.467 e. The van der Waals surface area contributed by atoms with Crippen LogP contribution in [0.15, 0.2) is 18.2 Å². The Bertz CT molecular complexity index is 353. The van der Waals surface area contributed by atoms with Gasteiger partial charge in [0.05, 0.1) is 6.61 Å². The van der Waals surface area contributed by atoms with Gasteiger partial charge >= 0.3 is 0 Å².